The summed E-state index contributed by atoms with van der Waals surface area (Å²) in [6, 6.07) is 1.48. The van der Waals surface area contributed by atoms with Crippen molar-refractivity contribution in [2.24, 2.45) is 0 Å². The third-order valence-electron chi connectivity index (χ3n) is 6.13. The fourth-order valence-corrected chi connectivity index (χ4v) is 4.07. The van der Waals surface area contributed by atoms with E-state index in [9.17, 15) is 15.0 Å². The monoisotopic (exact) mass is 430 g/mol. The summed E-state index contributed by atoms with van der Waals surface area (Å²) >= 11 is 0. The van der Waals surface area contributed by atoms with E-state index in [4.69, 9.17) is 4.98 Å². The van der Waals surface area contributed by atoms with Gasteiger partial charge >= 0.3 is 0 Å². The van der Waals surface area contributed by atoms with Crippen LogP contribution < -0.4 is 10.2 Å². The lowest BCUT2D eigenvalue weighted by molar-refractivity contribution is -0.124. The Morgan fingerprint density at radius 3 is 2.87 bits per heavy atom. The van der Waals surface area contributed by atoms with E-state index in [2.05, 4.69) is 20.2 Å². The molecule has 0 aromatic carbocycles. The molecule has 0 radical (unpaired) electrons. The molecule has 3 atom stereocenters. The number of nitrogens with one attached hydrogen (secondary N) is 1. The van der Waals surface area contributed by atoms with Crippen molar-refractivity contribution >= 4 is 11.7 Å². The quantitative estimate of drug-likeness (QED) is 0.555. The molecule has 3 rings (SSSR count). The van der Waals surface area contributed by atoms with E-state index in [0.717, 1.165) is 37.3 Å². The second kappa shape index (κ2) is 10.2. The maximum absolute atomic E-state index is 12.9. The highest BCUT2D eigenvalue weighted by Crippen LogP contribution is 2.27. The number of hydrogen-bond acceptors (Lipinski definition) is 7. The van der Waals surface area contributed by atoms with Crippen LogP contribution >= 0.6 is 0 Å². The fourth-order valence-electron chi connectivity index (χ4n) is 4.07. The smallest absolute Gasteiger partial charge is 0.237 e. The summed E-state index contributed by atoms with van der Waals surface area (Å²) in [5, 5.41) is 22.9. The molecular weight excluding hydrogens is 396 g/mol. The Balaban J connectivity index is 1.76. The molecule has 9 heteroatoms. The predicted molar refractivity (Wildman–Crippen MR) is 118 cm³/mol. The number of carbonyl (C=O) groups excluding carboxylic acids is 1. The van der Waals surface area contributed by atoms with Crippen LogP contribution in [0.3, 0.4) is 0 Å². The average Bonchev–Trinajstić information content (AvgIpc) is 3.28. The van der Waals surface area contributed by atoms with E-state index < -0.39 is 11.6 Å². The molecular formula is C22H34N6O3. The van der Waals surface area contributed by atoms with Gasteiger partial charge in [-0.05, 0) is 46.0 Å². The van der Waals surface area contributed by atoms with Crippen molar-refractivity contribution in [1.82, 2.24) is 24.8 Å². The van der Waals surface area contributed by atoms with Gasteiger partial charge in [-0.3, -0.25) is 9.36 Å². The van der Waals surface area contributed by atoms with Crippen molar-refractivity contribution in [3.8, 4) is 5.95 Å². The van der Waals surface area contributed by atoms with Crippen molar-refractivity contribution in [1.29, 1.82) is 0 Å². The Bertz CT molecular complexity index is 855. The lowest BCUT2D eigenvalue weighted by Gasteiger charge is -2.37. The van der Waals surface area contributed by atoms with E-state index in [1.54, 1.807) is 30.2 Å². The number of amides is 1. The van der Waals surface area contributed by atoms with E-state index >= 15 is 0 Å². The van der Waals surface area contributed by atoms with Crippen LogP contribution in [0.15, 0.2) is 24.8 Å². The van der Waals surface area contributed by atoms with Crippen molar-refractivity contribution in [2.75, 3.05) is 18.1 Å². The summed E-state index contributed by atoms with van der Waals surface area (Å²) in [4.78, 5) is 28.4. The molecule has 1 aliphatic rings. The Kier molecular flexibility index (Phi) is 7.61. The minimum absolute atomic E-state index is 0.0139. The van der Waals surface area contributed by atoms with E-state index in [1.165, 1.54) is 0 Å². The first-order valence-electron chi connectivity index (χ1n) is 11.1. The Labute approximate surface area is 183 Å². The molecule has 31 heavy (non-hydrogen) atoms. The van der Waals surface area contributed by atoms with Gasteiger partial charge in [0, 0.05) is 49.8 Å². The number of imidazole rings is 1. The SMILES string of the molecule is CCC(C)(O)C(CCO)NC(=O)CC1CCCCN1c1cc(C)nc(-n2ccnc2)n1. The maximum atomic E-state index is 12.9. The molecule has 1 amide bonds. The normalized spacial score (nSPS) is 19.6. The van der Waals surface area contributed by atoms with Gasteiger partial charge in [-0.2, -0.15) is 4.98 Å². The minimum Gasteiger partial charge on any atom is -0.396 e. The van der Waals surface area contributed by atoms with Crippen LogP contribution in [0.1, 0.15) is 58.1 Å². The largest absolute Gasteiger partial charge is 0.396 e. The van der Waals surface area contributed by atoms with Gasteiger partial charge in [0.2, 0.25) is 11.9 Å². The van der Waals surface area contributed by atoms with Gasteiger partial charge in [-0.15, -0.1) is 0 Å². The lowest BCUT2D eigenvalue weighted by Crippen LogP contribution is -2.52. The van der Waals surface area contributed by atoms with Crippen LogP contribution in [-0.4, -0.2) is 66.5 Å². The molecule has 3 N–H and O–H groups in total. The summed E-state index contributed by atoms with van der Waals surface area (Å²) < 4.78 is 1.77. The molecule has 0 bridgehead atoms. The van der Waals surface area contributed by atoms with Crippen LogP contribution in [0.5, 0.6) is 0 Å². The number of carbonyl (C=O) groups is 1. The zero-order valence-corrected chi connectivity index (χ0v) is 18.7. The third-order valence-corrected chi connectivity index (χ3v) is 6.13. The van der Waals surface area contributed by atoms with Gasteiger partial charge < -0.3 is 20.4 Å². The van der Waals surface area contributed by atoms with Gasteiger partial charge in [0.05, 0.1) is 11.6 Å². The van der Waals surface area contributed by atoms with Crippen LogP contribution in [0.25, 0.3) is 5.95 Å². The molecule has 1 saturated heterocycles. The van der Waals surface area contributed by atoms with Crippen molar-refractivity contribution in [3.05, 3.63) is 30.5 Å². The van der Waals surface area contributed by atoms with E-state index in [1.807, 2.05) is 19.9 Å². The van der Waals surface area contributed by atoms with Crippen LogP contribution in [0, 0.1) is 6.92 Å². The molecule has 9 nitrogen and oxygen atoms in total. The number of aromatic nitrogens is 4. The molecule has 2 aromatic rings. The van der Waals surface area contributed by atoms with Crippen molar-refractivity contribution < 1.29 is 15.0 Å². The number of nitrogens with zero attached hydrogens (tertiary/aromatic N) is 5. The zero-order chi connectivity index (χ0) is 22.4. The highest BCUT2D eigenvalue weighted by Gasteiger charge is 2.33. The lowest BCUT2D eigenvalue weighted by atomic mass is 9.90. The second-order valence-corrected chi connectivity index (χ2v) is 8.53. The topological polar surface area (TPSA) is 116 Å². The second-order valence-electron chi connectivity index (χ2n) is 8.53. The third kappa shape index (κ3) is 5.80. The molecule has 1 fully saturated rings. The van der Waals surface area contributed by atoms with Crippen LogP contribution in [0.2, 0.25) is 0 Å². The van der Waals surface area contributed by atoms with Crippen molar-refractivity contribution in [3.63, 3.8) is 0 Å². The summed E-state index contributed by atoms with van der Waals surface area (Å²) in [7, 11) is 0. The molecule has 2 aromatic heterocycles. The highest BCUT2D eigenvalue weighted by atomic mass is 16.3. The first-order valence-corrected chi connectivity index (χ1v) is 11.1. The number of aliphatic hydroxyl groups excluding tert-OH is 1. The van der Waals surface area contributed by atoms with Gasteiger partial charge in [0.15, 0.2) is 0 Å². The first kappa shape index (κ1) is 23.1. The summed E-state index contributed by atoms with van der Waals surface area (Å²) in [6.45, 7) is 6.23. The maximum Gasteiger partial charge on any atom is 0.237 e. The molecule has 3 unspecified atom stereocenters. The van der Waals surface area contributed by atoms with Gasteiger partial charge in [-0.1, -0.05) is 6.92 Å². The molecule has 0 saturated carbocycles. The molecule has 0 spiro atoms. The summed E-state index contributed by atoms with van der Waals surface area (Å²) in [5.74, 6) is 1.24. The number of aliphatic hydroxyl groups is 2. The van der Waals surface area contributed by atoms with Gasteiger partial charge in [-0.25, -0.2) is 9.97 Å². The fraction of sp³-hybridized carbons (Fsp3) is 0.636. The van der Waals surface area contributed by atoms with E-state index in [-0.39, 0.29) is 18.6 Å². The predicted octanol–water partition coefficient (Wildman–Crippen LogP) is 1.75. The zero-order valence-electron chi connectivity index (χ0n) is 18.7. The average molecular weight is 431 g/mol. The molecule has 170 valence electrons. The number of anilines is 1. The number of aryl methyl sites for hydroxylation is 1. The van der Waals surface area contributed by atoms with Gasteiger partial charge in [0.25, 0.3) is 0 Å². The van der Waals surface area contributed by atoms with E-state index in [0.29, 0.717) is 25.2 Å². The number of rotatable bonds is 9. The number of hydrogen-bond donors (Lipinski definition) is 3. The van der Waals surface area contributed by atoms with Gasteiger partial charge in [0.1, 0.15) is 12.1 Å². The molecule has 3 heterocycles. The summed E-state index contributed by atoms with van der Waals surface area (Å²) in [6.07, 6.45) is 9.27. The Hall–Kier alpha value is -2.52. The standard InChI is InChI=1S/C22H34N6O3/c1-4-22(3,31)18(8-12-29)25-20(30)14-17-7-5-6-10-28(17)19-13-16(2)24-21(26-19)27-11-9-23-15-27/h9,11,13,15,17-18,29,31H,4-8,10,12,14H2,1-3H3,(H,25,30). The first-order chi connectivity index (χ1) is 14.8. The van der Waals surface area contributed by atoms with Crippen LogP contribution in [0.4, 0.5) is 5.82 Å². The number of piperidine rings is 1. The van der Waals surface area contributed by atoms with Crippen molar-refractivity contribution in [2.45, 2.75) is 77.0 Å². The minimum atomic E-state index is -1.06. The highest BCUT2D eigenvalue weighted by molar-refractivity contribution is 5.77. The Morgan fingerprint density at radius 1 is 1.39 bits per heavy atom. The Morgan fingerprint density at radius 2 is 2.19 bits per heavy atom. The molecule has 1 aliphatic heterocycles. The summed E-state index contributed by atoms with van der Waals surface area (Å²) in [5.41, 5.74) is -0.210. The van der Waals surface area contributed by atoms with Crippen LogP contribution in [-0.2, 0) is 4.79 Å². The molecule has 0 aliphatic carbocycles.